The van der Waals surface area contributed by atoms with Crippen molar-refractivity contribution in [3.8, 4) is 23.1 Å². The average Bonchev–Trinajstić information content (AvgIpc) is 3.97. The molecule has 0 saturated carbocycles. The highest BCUT2D eigenvalue weighted by Crippen LogP contribution is 2.42. The number of piperazine rings is 1. The number of nitrogens with zero attached hydrogens (tertiary/aromatic N) is 6. The Bertz CT molecular complexity index is 2860. The van der Waals surface area contributed by atoms with Crippen molar-refractivity contribution < 1.29 is 86.8 Å². The SMILES string of the molecule is COC(=O)NC(C(=O)NC(Cc1ccc(C#Cc2ccc(N3CC4CCC(C3)N4CC(F)F)nc2)cc1)C(O)CN(Cc1c(F)cc(-c2ccn(C(F)F)n2)cc1F)NC(=O)C(NC(=O)O)C(C)(C)C(F)(F)F)C(C)(C)C(F)(F)F. The van der Waals surface area contributed by atoms with Crippen LogP contribution in [0.3, 0.4) is 0 Å². The van der Waals surface area contributed by atoms with Crippen LogP contribution in [0.25, 0.3) is 11.3 Å². The lowest BCUT2D eigenvalue weighted by molar-refractivity contribution is -0.221. The van der Waals surface area contributed by atoms with Gasteiger partial charge in [-0.25, -0.2) is 41.8 Å². The van der Waals surface area contributed by atoms with E-state index in [1.807, 2.05) is 20.5 Å². The van der Waals surface area contributed by atoms with Crippen molar-refractivity contribution in [3.63, 3.8) is 0 Å². The molecular weight excluding hydrogens is 1090 g/mol. The van der Waals surface area contributed by atoms with E-state index in [0.717, 1.165) is 32.2 Å². The Morgan fingerprint density at radius 1 is 0.800 bits per heavy atom. The molecule has 80 heavy (non-hydrogen) atoms. The number of methoxy groups -OCH3 is 1. The normalized spacial score (nSPS) is 17.6. The van der Waals surface area contributed by atoms with Crippen LogP contribution in [0.2, 0.25) is 0 Å². The number of carbonyl (C=O) groups is 4. The standard InChI is InChI=1S/C51H56F12N10O7/c1-48(2,50(58,59)60)41(67-47(79)80-5)43(75)65-37(18-28-9-6-27(7-10-28)8-11-29-12-15-40(64-21-29)70-22-31-13-14-32(23-70)72(31)26-39(54)55)38(74)25-71(69-44(76)42(66-46(77)78)49(3,4)51(61,62)63)24-33-34(52)19-30(20-35(33)53)36-16-17-73(68-36)45(56)57/h6-7,9-10,12,15-17,19-21,31-32,37-39,41-42,45,66,74H,13-14,18,22-26H2,1-5H3,(H,65,75)(H,67,79)(H,69,76)(H,77,78). The Labute approximate surface area is 450 Å². The highest BCUT2D eigenvalue weighted by Gasteiger charge is 2.57. The molecule has 6 unspecified atom stereocenters. The Balaban J connectivity index is 1.32. The van der Waals surface area contributed by atoms with Crippen molar-refractivity contribution in [2.45, 2.75) is 115 Å². The first-order valence-corrected chi connectivity index (χ1v) is 24.5. The van der Waals surface area contributed by atoms with Gasteiger partial charge in [0.2, 0.25) is 5.91 Å². The second-order valence-corrected chi connectivity index (χ2v) is 20.2. The zero-order valence-electron chi connectivity index (χ0n) is 43.3. The van der Waals surface area contributed by atoms with Crippen LogP contribution in [0.4, 0.5) is 68.1 Å². The van der Waals surface area contributed by atoms with Gasteiger partial charge < -0.3 is 35.8 Å². The van der Waals surface area contributed by atoms with Crippen LogP contribution in [0.1, 0.15) is 69.3 Å². The van der Waals surface area contributed by atoms with Crippen LogP contribution in [-0.4, -0.2) is 147 Å². The van der Waals surface area contributed by atoms with Gasteiger partial charge in [0.15, 0.2) is 0 Å². The number of rotatable bonds is 20. The molecule has 2 aliphatic rings. The molecule has 4 aromatic rings. The van der Waals surface area contributed by atoms with Crippen LogP contribution in [0, 0.1) is 34.3 Å². The van der Waals surface area contributed by atoms with Gasteiger partial charge in [-0.2, -0.15) is 40.2 Å². The first kappa shape index (κ1) is 61.9. The summed E-state index contributed by atoms with van der Waals surface area (Å²) in [7, 11) is 0.795. The zero-order valence-corrected chi connectivity index (χ0v) is 43.3. The number of aromatic nitrogens is 3. The average molecular weight is 1150 g/mol. The van der Waals surface area contributed by atoms with Crippen LogP contribution in [0.5, 0.6) is 0 Å². The maximum atomic E-state index is 16.0. The van der Waals surface area contributed by atoms with Crippen molar-refractivity contribution in [3.05, 3.63) is 101 Å². The molecule has 6 rings (SSSR count). The van der Waals surface area contributed by atoms with E-state index in [0.29, 0.717) is 74.9 Å². The summed E-state index contributed by atoms with van der Waals surface area (Å²) in [5.74, 6) is 0.210. The number of benzene rings is 2. The van der Waals surface area contributed by atoms with E-state index in [9.17, 15) is 73.3 Å². The van der Waals surface area contributed by atoms with Gasteiger partial charge >= 0.3 is 31.1 Å². The smallest absolute Gasteiger partial charge is 0.407 e. The van der Waals surface area contributed by atoms with Gasteiger partial charge in [-0.1, -0.05) is 24.0 Å². The summed E-state index contributed by atoms with van der Waals surface area (Å²) in [5, 5.41) is 31.0. The molecule has 0 aliphatic carbocycles. The lowest BCUT2D eigenvalue weighted by atomic mass is 9.82. The first-order chi connectivity index (χ1) is 37.3. The lowest BCUT2D eigenvalue weighted by Crippen LogP contribution is -2.63. The van der Waals surface area contributed by atoms with Crippen LogP contribution in [0.15, 0.2) is 67.0 Å². The van der Waals surface area contributed by atoms with E-state index in [1.54, 1.807) is 12.1 Å². The molecule has 2 saturated heterocycles. The highest BCUT2D eigenvalue weighted by molar-refractivity contribution is 5.87. The molecular formula is C51H56F12N10O7. The molecule has 0 spiro atoms. The third kappa shape index (κ3) is 14.9. The number of carbonyl (C=O) groups excluding carboxylic acids is 3. The summed E-state index contributed by atoms with van der Waals surface area (Å²) in [4.78, 5) is 60.4. The maximum absolute atomic E-state index is 16.0. The van der Waals surface area contributed by atoms with E-state index in [-0.39, 0.29) is 40.1 Å². The number of nitrogens with one attached hydrogen (secondary N) is 4. The minimum absolute atomic E-state index is 0.0339. The van der Waals surface area contributed by atoms with Gasteiger partial charge in [-0.15, -0.1) is 0 Å². The number of alkyl halides is 10. The van der Waals surface area contributed by atoms with Crippen molar-refractivity contribution in [1.82, 2.24) is 46.0 Å². The van der Waals surface area contributed by atoms with Gasteiger partial charge in [-0.05, 0) is 95.0 Å². The third-order valence-electron chi connectivity index (χ3n) is 14.0. The lowest BCUT2D eigenvalue weighted by Gasteiger charge is -2.41. The molecule has 29 heteroatoms. The largest absolute Gasteiger partial charge is 0.465 e. The van der Waals surface area contributed by atoms with Gasteiger partial charge in [0.1, 0.15) is 29.5 Å². The van der Waals surface area contributed by atoms with E-state index in [4.69, 9.17) is 0 Å². The number of amides is 4. The number of halogens is 12. The molecule has 436 valence electrons. The van der Waals surface area contributed by atoms with E-state index >= 15 is 8.78 Å². The van der Waals surface area contributed by atoms with Gasteiger partial charge in [0, 0.05) is 72.9 Å². The number of fused-ring (bicyclic) bond motifs is 2. The highest BCUT2D eigenvalue weighted by atomic mass is 19.4. The number of hydrogen-bond donors (Lipinski definition) is 6. The van der Waals surface area contributed by atoms with Crippen LogP contribution < -0.4 is 26.3 Å². The zero-order chi connectivity index (χ0) is 59.2. The maximum Gasteiger partial charge on any atom is 0.407 e. The molecule has 4 heterocycles. The Morgan fingerprint density at radius 3 is 1.86 bits per heavy atom. The van der Waals surface area contributed by atoms with Crippen molar-refractivity contribution >= 4 is 29.8 Å². The number of pyridine rings is 1. The summed E-state index contributed by atoms with van der Waals surface area (Å²) < 4.78 is 176. The fourth-order valence-electron chi connectivity index (χ4n) is 9.15. The Morgan fingerprint density at radius 2 is 1.36 bits per heavy atom. The van der Waals surface area contributed by atoms with E-state index in [2.05, 4.69) is 32.0 Å². The molecule has 0 radical (unpaired) electrons. The molecule has 2 bridgehead atoms. The third-order valence-corrected chi connectivity index (χ3v) is 14.0. The topological polar surface area (TPSA) is 207 Å². The molecule has 2 fully saturated rings. The Kier molecular flexibility index (Phi) is 19.3. The number of anilines is 1. The quantitative estimate of drug-likeness (QED) is 0.0291. The molecule has 4 amide bonds. The number of aliphatic hydroxyl groups excluding tert-OH is 1. The summed E-state index contributed by atoms with van der Waals surface area (Å²) in [5.41, 5.74) is -4.96. The van der Waals surface area contributed by atoms with Crippen molar-refractivity contribution in [1.29, 1.82) is 0 Å². The summed E-state index contributed by atoms with van der Waals surface area (Å²) in [6.45, 7) is -2.73. The molecule has 2 aliphatic heterocycles. The van der Waals surface area contributed by atoms with Crippen LogP contribution in [-0.2, 0) is 27.3 Å². The van der Waals surface area contributed by atoms with Gasteiger partial charge in [0.25, 0.3) is 12.3 Å². The summed E-state index contributed by atoms with van der Waals surface area (Å²) >= 11 is 0. The second kappa shape index (κ2) is 25.0. The molecule has 6 N–H and O–H groups in total. The monoisotopic (exact) mass is 1150 g/mol. The second-order valence-electron chi connectivity index (χ2n) is 20.2. The Hall–Kier alpha value is -7.32. The van der Waals surface area contributed by atoms with Crippen molar-refractivity contribution in [2.75, 3.05) is 38.2 Å². The van der Waals surface area contributed by atoms with Crippen LogP contribution >= 0.6 is 0 Å². The number of alkyl carbamates (subject to hydrolysis) is 1. The van der Waals surface area contributed by atoms with Gasteiger partial charge in [-0.3, -0.25) is 19.9 Å². The molecule has 2 aromatic heterocycles. The molecule has 6 atom stereocenters. The first-order valence-electron chi connectivity index (χ1n) is 24.5. The van der Waals surface area contributed by atoms with Gasteiger partial charge in [0.05, 0.1) is 42.3 Å². The molecule has 17 nitrogen and oxygen atoms in total. The number of hydrogen-bond acceptors (Lipinski definition) is 11. The minimum atomic E-state index is -5.30. The minimum Gasteiger partial charge on any atom is -0.465 e. The van der Waals surface area contributed by atoms with E-state index in [1.165, 1.54) is 35.8 Å². The summed E-state index contributed by atoms with van der Waals surface area (Å²) in [6, 6.07) is 4.44. The van der Waals surface area contributed by atoms with Crippen molar-refractivity contribution in [2.24, 2.45) is 10.8 Å². The predicted molar refractivity (Wildman–Crippen MR) is 261 cm³/mol. The molecule has 2 aromatic carbocycles. The van der Waals surface area contributed by atoms with E-state index < -0.39 is 121 Å². The predicted octanol–water partition coefficient (Wildman–Crippen LogP) is 7.40. The fraction of sp³-hybridized carbons (Fsp3) is 0.490. The number of aliphatic hydroxyl groups is 1. The summed E-state index contributed by atoms with van der Waals surface area (Å²) in [6.07, 6.45) is -15.4. The number of ether oxygens (including phenoxy) is 1. The fourth-order valence-corrected chi connectivity index (χ4v) is 9.15. The number of carboxylic acid groups (broad SMARTS) is 1. The number of hydrazine groups is 1.